The van der Waals surface area contributed by atoms with Crippen molar-refractivity contribution in [2.45, 2.75) is 31.4 Å². The lowest BCUT2D eigenvalue weighted by molar-refractivity contribution is 0.721. The summed E-state index contributed by atoms with van der Waals surface area (Å²) in [6.07, 6.45) is 4.05. The zero-order chi connectivity index (χ0) is 41.0. The molecule has 8 aromatic carbocycles. The molecular weight excluding hydrogens is 805 g/mol. The molecule has 0 atom stereocenters. The van der Waals surface area contributed by atoms with Gasteiger partial charge in [0.15, 0.2) is 0 Å². The predicted molar refractivity (Wildman–Crippen MR) is 271 cm³/mol. The topological polar surface area (TPSA) is 6.48 Å². The van der Waals surface area contributed by atoms with Crippen molar-refractivity contribution < 1.29 is 0 Å². The van der Waals surface area contributed by atoms with Crippen LogP contribution in [0.5, 0.6) is 0 Å². The fraction of sp³-hybridized carbons (Fsp3) is 0.0877. The third-order valence-corrected chi connectivity index (χ3v) is 21.4. The molecule has 0 N–H and O–H groups in total. The summed E-state index contributed by atoms with van der Waals surface area (Å²) in [5, 5.41) is 8.40. The molecule has 0 saturated carbocycles. The van der Waals surface area contributed by atoms with Crippen LogP contribution in [0.2, 0.25) is 12.1 Å². The minimum absolute atomic E-state index is 1.16. The minimum Gasteiger partial charge on any atom is -0.310 e. The molecule has 12 rings (SSSR count). The SMILES string of the molecule is c1ccc(N(c2ccc(-c3cc4c(s3)-c3sc(-c5ccc(N(c6ccccc6)c6cccc7ccccc67)cc5)cc3[Si]43CCCCC3)cc2)c2cccc3ccccc23)cc1. The summed E-state index contributed by atoms with van der Waals surface area (Å²) >= 11 is 4.06. The average Bonchev–Trinajstić information content (AvgIpc) is 4.05. The molecule has 10 aromatic rings. The Balaban J connectivity index is 0.897. The van der Waals surface area contributed by atoms with Crippen LogP contribution in [0.25, 0.3) is 52.2 Å². The van der Waals surface area contributed by atoms with Crippen molar-refractivity contribution in [2.75, 3.05) is 9.80 Å². The lowest BCUT2D eigenvalue weighted by Crippen LogP contribution is -2.55. The van der Waals surface area contributed by atoms with Gasteiger partial charge in [-0.15, -0.1) is 22.7 Å². The van der Waals surface area contributed by atoms with Gasteiger partial charge in [-0.3, -0.25) is 0 Å². The normalized spacial score (nSPS) is 13.9. The zero-order valence-corrected chi connectivity index (χ0v) is 37.0. The monoisotopic (exact) mass is 848 g/mol. The van der Waals surface area contributed by atoms with Crippen LogP contribution < -0.4 is 20.2 Å². The number of hydrogen-bond donors (Lipinski definition) is 0. The van der Waals surface area contributed by atoms with Crippen LogP contribution in [0.4, 0.5) is 34.1 Å². The largest absolute Gasteiger partial charge is 0.310 e. The Morgan fingerprint density at radius 3 is 1.19 bits per heavy atom. The van der Waals surface area contributed by atoms with Gasteiger partial charge in [0.05, 0.1) is 11.4 Å². The number of rotatable bonds is 8. The second kappa shape index (κ2) is 15.4. The van der Waals surface area contributed by atoms with Crippen LogP contribution in [0.3, 0.4) is 0 Å². The Labute approximate surface area is 372 Å². The summed E-state index contributed by atoms with van der Waals surface area (Å²) in [5.41, 5.74) is 9.64. The van der Waals surface area contributed by atoms with E-state index in [1.54, 1.807) is 20.1 Å². The third kappa shape index (κ3) is 6.26. The zero-order valence-electron chi connectivity index (χ0n) is 34.4. The number of benzene rings is 8. The molecule has 2 aliphatic heterocycles. The van der Waals surface area contributed by atoms with Gasteiger partial charge in [-0.2, -0.15) is 0 Å². The smallest absolute Gasteiger partial charge is 0.122 e. The highest BCUT2D eigenvalue weighted by atomic mass is 32.1. The van der Waals surface area contributed by atoms with E-state index in [9.17, 15) is 0 Å². The molecule has 0 aliphatic carbocycles. The second-order valence-electron chi connectivity index (χ2n) is 16.8. The first kappa shape index (κ1) is 37.3. The molecule has 2 nitrogen and oxygen atoms in total. The molecule has 1 spiro atoms. The van der Waals surface area contributed by atoms with E-state index in [0.717, 1.165) is 11.4 Å². The first-order valence-electron chi connectivity index (χ1n) is 21.9. The number of para-hydroxylation sites is 2. The van der Waals surface area contributed by atoms with E-state index < -0.39 is 8.07 Å². The molecule has 0 radical (unpaired) electrons. The van der Waals surface area contributed by atoms with E-state index in [-0.39, 0.29) is 0 Å². The first-order valence-corrected chi connectivity index (χ1v) is 25.9. The number of anilines is 6. The number of nitrogens with zero attached hydrogens (tertiary/aromatic N) is 2. The molecule has 1 saturated heterocycles. The van der Waals surface area contributed by atoms with Gasteiger partial charge in [0.2, 0.25) is 0 Å². The highest BCUT2D eigenvalue weighted by Crippen LogP contribution is 2.49. The highest BCUT2D eigenvalue weighted by molar-refractivity contribution is 7.31. The summed E-state index contributed by atoms with van der Waals surface area (Å²) in [4.78, 5) is 10.7. The second-order valence-corrected chi connectivity index (χ2v) is 23.1. The molecule has 0 unspecified atom stereocenters. The number of thiophene rings is 2. The molecule has 1 fully saturated rings. The van der Waals surface area contributed by atoms with Crippen molar-refractivity contribution in [3.63, 3.8) is 0 Å². The van der Waals surface area contributed by atoms with E-state index in [1.807, 2.05) is 22.7 Å². The molecule has 2 aliphatic rings. The molecule has 62 heavy (non-hydrogen) atoms. The Kier molecular flexibility index (Phi) is 9.28. The maximum Gasteiger partial charge on any atom is 0.122 e. The quantitative estimate of drug-likeness (QED) is 0.141. The molecule has 5 heteroatoms. The Bertz CT molecular complexity index is 3000. The standard InChI is InChI=1S/C57H44N2S2Si/c1-4-20-44(21-5-1)58(50-26-14-18-40-16-8-10-24-48(40)50)46-32-28-42(29-33-46)52-38-54-56(60-52)57-55(62(54)36-12-3-13-37-62)39-53(61-57)43-30-34-47(35-31-43)59(45-22-6-2-7-23-45)51-27-15-19-41-17-9-11-25-49(41)51/h1-2,4-11,14-35,38-39H,3,12-13,36-37H2. The maximum absolute atomic E-state index is 2.62. The summed E-state index contributed by atoms with van der Waals surface area (Å²) < 4.78 is 0. The van der Waals surface area contributed by atoms with Gasteiger partial charge in [-0.1, -0.05) is 153 Å². The summed E-state index contributed by atoms with van der Waals surface area (Å²) in [5.74, 6) is 0. The first-order chi connectivity index (χ1) is 30.7. The van der Waals surface area contributed by atoms with Gasteiger partial charge in [0.1, 0.15) is 8.07 Å². The molecule has 0 bridgehead atoms. The molecule has 0 amide bonds. The van der Waals surface area contributed by atoms with Crippen LogP contribution in [0.1, 0.15) is 19.3 Å². The van der Waals surface area contributed by atoms with Gasteiger partial charge < -0.3 is 9.80 Å². The van der Waals surface area contributed by atoms with Crippen molar-refractivity contribution in [3.05, 3.63) is 206 Å². The predicted octanol–water partition coefficient (Wildman–Crippen LogP) is 16.1. The summed E-state index contributed by atoms with van der Waals surface area (Å²) in [7, 11) is -1.87. The van der Waals surface area contributed by atoms with Crippen molar-refractivity contribution in [2.24, 2.45) is 0 Å². The fourth-order valence-electron chi connectivity index (χ4n) is 10.3. The molecular formula is C57H44N2S2Si. The van der Waals surface area contributed by atoms with Gasteiger partial charge in [0.25, 0.3) is 0 Å². The minimum atomic E-state index is -1.87. The third-order valence-electron chi connectivity index (χ3n) is 13.3. The van der Waals surface area contributed by atoms with Crippen molar-refractivity contribution in [1.29, 1.82) is 0 Å². The van der Waals surface area contributed by atoms with Gasteiger partial charge in [-0.25, -0.2) is 0 Å². The van der Waals surface area contributed by atoms with Crippen molar-refractivity contribution in [3.8, 4) is 30.6 Å². The molecule has 2 aromatic heterocycles. The van der Waals surface area contributed by atoms with Gasteiger partial charge in [0, 0.05) is 53.0 Å². The Morgan fingerprint density at radius 2 is 0.742 bits per heavy atom. The lowest BCUT2D eigenvalue weighted by atomic mass is 10.1. The van der Waals surface area contributed by atoms with Crippen LogP contribution in [-0.2, 0) is 0 Å². The number of fused-ring (bicyclic) bond motifs is 7. The van der Waals surface area contributed by atoms with Crippen LogP contribution in [-0.4, -0.2) is 8.07 Å². The Morgan fingerprint density at radius 1 is 0.355 bits per heavy atom. The van der Waals surface area contributed by atoms with E-state index in [2.05, 4.69) is 216 Å². The van der Waals surface area contributed by atoms with E-state index >= 15 is 0 Å². The summed E-state index contributed by atoms with van der Waals surface area (Å²) in [6, 6.07) is 78.9. The van der Waals surface area contributed by atoms with Crippen LogP contribution in [0, 0.1) is 0 Å². The van der Waals surface area contributed by atoms with Crippen molar-refractivity contribution in [1.82, 2.24) is 0 Å². The average molecular weight is 849 g/mol. The fourth-order valence-corrected chi connectivity index (χ4v) is 19.8. The van der Waals surface area contributed by atoms with Crippen LogP contribution in [0.15, 0.2) is 206 Å². The van der Waals surface area contributed by atoms with E-state index in [0.29, 0.717) is 0 Å². The lowest BCUT2D eigenvalue weighted by Gasteiger charge is -2.32. The number of hydrogen-bond acceptors (Lipinski definition) is 4. The molecule has 4 heterocycles. The van der Waals surface area contributed by atoms with Gasteiger partial charge >= 0.3 is 0 Å². The molecule has 298 valence electrons. The van der Waals surface area contributed by atoms with Crippen LogP contribution >= 0.6 is 22.7 Å². The highest BCUT2D eigenvalue weighted by Gasteiger charge is 2.48. The van der Waals surface area contributed by atoms with E-state index in [4.69, 9.17) is 0 Å². The van der Waals surface area contributed by atoms with Gasteiger partial charge in [-0.05, 0) is 117 Å². The van der Waals surface area contributed by atoms with E-state index in [1.165, 1.54) is 96.5 Å². The van der Waals surface area contributed by atoms with Crippen molar-refractivity contribution >= 4 is 96.8 Å². The maximum atomic E-state index is 2.62. The Hall–Kier alpha value is -6.50. The summed E-state index contributed by atoms with van der Waals surface area (Å²) in [6.45, 7) is 0.